The maximum Gasteiger partial charge on any atom is 0.407 e. The molecule has 4 rings (SSSR count). The zero-order valence-corrected chi connectivity index (χ0v) is 15.7. The first-order chi connectivity index (χ1) is 13.2. The molecular weight excluding hydrogens is 342 g/mol. The Kier molecular flexibility index (Phi) is 5.14. The highest BCUT2D eigenvalue weighted by Gasteiger charge is 2.31. The van der Waals surface area contributed by atoms with Crippen LogP contribution in [0.2, 0.25) is 0 Å². The van der Waals surface area contributed by atoms with Crippen molar-refractivity contribution in [2.75, 3.05) is 13.7 Å². The molecule has 1 aliphatic carbocycles. The van der Waals surface area contributed by atoms with Crippen LogP contribution in [-0.2, 0) is 14.2 Å². The Labute approximate surface area is 159 Å². The molecule has 2 aromatic carbocycles. The van der Waals surface area contributed by atoms with Crippen LogP contribution in [0.3, 0.4) is 0 Å². The van der Waals surface area contributed by atoms with Gasteiger partial charge in [-0.2, -0.15) is 0 Å². The number of hydrogen-bond acceptors (Lipinski definition) is 4. The van der Waals surface area contributed by atoms with Crippen molar-refractivity contribution < 1.29 is 19.0 Å². The second kappa shape index (κ2) is 7.71. The van der Waals surface area contributed by atoms with Crippen LogP contribution >= 0.6 is 0 Å². The van der Waals surface area contributed by atoms with Crippen LogP contribution in [0.25, 0.3) is 11.1 Å². The van der Waals surface area contributed by atoms with Crippen molar-refractivity contribution in [2.24, 2.45) is 0 Å². The molecule has 1 fully saturated rings. The average Bonchev–Trinajstić information content (AvgIpc) is 3.02. The number of benzene rings is 2. The van der Waals surface area contributed by atoms with Gasteiger partial charge in [0.1, 0.15) is 6.61 Å². The molecule has 2 aliphatic rings. The predicted octanol–water partition coefficient (Wildman–Crippen LogP) is 4.07. The number of amides is 1. The smallest absolute Gasteiger partial charge is 0.407 e. The minimum atomic E-state index is -0.395. The van der Waals surface area contributed by atoms with Crippen molar-refractivity contribution in [1.82, 2.24) is 5.32 Å². The molecular formula is C22H25NO4. The van der Waals surface area contributed by atoms with E-state index in [9.17, 15) is 4.79 Å². The van der Waals surface area contributed by atoms with Gasteiger partial charge in [-0.3, -0.25) is 0 Å². The van der Waals surface area contributed by atoms with Gasteiger partial charge in [0.05, 0.1) is 12.1 Å². The number of carbonyl (C=O) groups is 1. The Hall–Kier alpha value is -2.37. The number of fused-ring (bicyclic) bond motifs is 3. The summed E-state index contributed by atoms with van der Waals surface area (Å²) < 4.78 is 16.6. The summed E-state index contributed by atoms with van der Waals surface area (Å²) in [5.41, 5.74) is 4.87. The van der Waals surface area contributed by atoms with Gasteiger partial charge in [-0.05, 0) is 35.6 Å². The molecule has 1 amide bonds. The maximum atomic E-state index is 12.4. The molecule has 1 saturated heterocycles. The summed E-state index contributed by atoms with van der Waals surface area (Å²) in [4.78, 5) is 12.4. The summed E-state index contributed by atoms with van der Waals surface area (Å²) in [6.07, 6.45) is 0.872. The Balaban J connectivity index is 1.40. The van der Waals surface area contributed by atoms with Crippen molar-refractivity contribution in [3.05, 3.63) is 59.7 Å². The standard InChI is InChI=1S/C22H25NO4/c1-14-20(11-12-21(25-2)27-14)23-22(24)26-13-19-17-9-5-3-7-15(17)16-8-4-6-10-18(16)19/h3-10,14,19-21H,11-13H2,1-2H3,(H,23,24)/t14?,20-,21+/m1/s1. The third kappa shape index (κ3) is 3.57. The molecule has 1 N–H and O–H groups in total. The lowest BCUT2D eigenvalue weighted by Crippen LogP contribution is -2.48. The quantitative estimate of drug-likeness (QED) is 0.885. The van der Waals surface area contributed by atoms with E-state index in [4.69, 9.17) is 14.2 Å². The van der Waals surface area contributed by atoms with E-state index in [1.54, 1.807) is 7.11 Å². The maximum absolute atomic E-state index is 12.4. The Morgan fingerprint density at radius 3 is 2.30 bits per heavy atom. The largest absolute Gasteiger partial charge is 0.449 e. The Bertz CT molecular complexity index is 776. The highest BCUT2D eigenvalue weighted by atomic mass is 16.7. The van der Waals surface area contributed by atoms with Gasteiger partial charge in [0.25, 0.3) is 0 Å². The van der Waals surface area contributed by atoms with E-state index in [2.05, 4.69) is 29.6 Å². The summed E-state index contributed by atoms with van der Waals surface area (Å²) in [5, 5.41) is 2.94. The second-order valence-corrected chi connectivity index (χ2v) is 7.16. The lowest BCUT2D eigenvalue weighted by Gasteiger charge is -2.34. The number of nitrogens with one attached hydrogen (secondary N) is 1. The molecule has 2 aromatic rings. The van der Waals surface area contributed by atoms with Crippen molar-refractivity contribution in [1.29, 1.82) is 0 Å². The molecule has 5 nitrogen and oxygen atoms in total. The molecule has 27 heavy (non-hydrogen) atoms. The zero-order valence-electron chi connectivity index (χ0n) is 15.7. The van der Waals surface area contributed by atoms with Gasteiger partial charge in [-0.25, -0.2) is 4.79 Å². The van der Waals surface area contributed by atoms with E-state index >= 15 is 0 Å². The minimum Gasteiger partial charge on any atom is -0.449 e. The SMILES string of the molecule is CO[C@@H]1CC[C@@H](NC(=O)OCC2c3ccccc3-c3ccccc32)C(C)O1. The molecule has 3 atom stereocenters. The van der Waals surface area contributed by atoms with E-state index < -0.39 is 6.09 Å². The number of alkyl carbamates (subject to hydrolysis) is 1. The van der Waals surface area contributed by atoms with Crippen LogP contribution in [0.5, 0.6) is 0 Å². The molecule has 1 heterocycles. The van der Waals surface area contributed by atoms with E-state index in [-0.39, 0.29) is 24.4 Å². The third-order valence-electron chi connectivity index (χ3n) is 5.56. The first-order valence-corrected chi connectivity index (χ1v) is 9.47. The van der Waals surface area contributed by atoms with E-state index in [1.165, 1.54) is 22.3 Å². The predicted molar refractivity (Wildman–Crippen MR) is 103 cm³/mol. The van der Waals surface area contributed by atoms with Gasteiger partial charge in [0, 0.05) is 19.4 Å². The van der Waals surface area contributed by atoms with Crippen LogP contribution in [0.1, 0.15) is 36.8 Å². The molecule has 1 aliphatic heterocycles. The Morgan fingerprint density at radius 1 is 1.07 bits per heavy atom. The second-order valence-electron chi connectivity index (χ2n) is 7.16. The number of hydrogen-bond donors (Lipinski definition) is 1. The third-order valence-corrected chi connectivity index (χ3v) is 5.56. The fourth-order valence-corrected chi connectivity index (χ4v) is 4.11. The van der Waals surface area contributed by atoms with E-state index in [0.29, 0.717) is 6.61 Å². The van der Waals surface area contributed by atoms with Crippen LogP contribution in [0.15, 0.2) is 48.5 Å². The molecule has 5 heteroatoms. The summed E-state index contributed by atoms with van der Waals surface area (Å²) in [6.45, 7) is 2.27. The molecule has 1 unspecified atom stereocenters. The summed E-state index contributed by atoms with van der Waals surface area (Å²) >= 11 is 0. The molecule has 0 spiro atoms. The fraction of sp³-hybridized carbons (Fsp3) is 0.409. The molecule has 142 valence electrons. The van der Waals surface area contributed by atoms with Gasteiger partial charge in [0.2, 0.25) is 0 Å². The van der Waals surface area contributed by atoms with E-state index in [0.717, 1.165) is 12.8 Å². The fourth-order valence-electron chi connectivity index (χ4n) is 4.11. The lowest BCUT2D eigenvalue weighted by molar-refractivity contribution is -0.182. The first-order valence-electron chi connectivity index (χ1n) is 9.47. The van der Waals surface area contributed by atoms with Crippen LogP contribution < -0.4 is 5.32 Å². The number of carbonyl (C=O) groups excluding carboxylic acids is 1. The first kappa shape index (κ1) is 18.0. The normalized spacial score (nSPS) is 24.1. The average molecular weight is 367 g/mol. The lowest BCUT2D eigenvalue weighted by atomic mass is 9.98. The highest BCUT2D eigenvalue weighted by Crippen LogP contribution is 2.44. The molecule has 0 radical (unpaired) electrons. The van der Waals surface area contributed by atoms with E-state index in [1.807, 2.05) is 31.2 Å². The van der Waals surface area contributed by atoms with Crippen LogP contribution in [0, 0.1) is 0 Å². The van der Waals surface area contributed by atoms with Crippen LogP contribution in [0.4, 0.5) is 4.79 Å². The summed E-state index contributed by atoms with van der Waals surface area (Å²) in [5.74, 6) is 0.0704. The molecule has 0 saturated carbocycles. The number of ether oxygens (including phenoxy) is 3. The van der Waals surface area contributed by atoms with Crippen molar-refractivity contribution in [3.63, 3.8) is 0 Å². The van der Waals surface area contributed by atoms with Crippen molar-refractivity contribution in [2.45, 2.75) is 44.1 Å². The zero-order chi connectivity index (χ0) is 18.8. The van der Waals surface area contributed by atoms with Gasteiger partial charge < -0.3 is 19.5 Å². The Morgan fingerprint density at radius 2 is 1.70 bits per heavy atom. The molecule has 0 aromatic heterocycles. The summed E-state index contributed by atoms with van der Waals surface area (Å²) in [7, 11) is 1.64. The number of rotatable bonds is 4. The highest BCUT2D eigenvalue weighted by molar-refractivity contribution is 5.79. The van der Waals surface area contributed by atoms with Gasteiger partial charge in [-0.1, -0.05) is 48.5 Å². The molecule has 0 bridgehead atoms. The van der Waals surface area contributed by atoms with Crippen LogP contribution in [-0.4, -0.2) is 38.2 Å². The van der Waals surface area contributed by atoms with Gasteiger partial charge in [-0.15, -0.1) is 0 Å². The topological polar surface area (TPSA) is 56.8 Å². The van der Waals surface area contributed by atoms with Gasteiger partial charge in [0.15, 0.2) is 6.29 Å². The number of methoxy groups -OCH3 is 1. The van der Waals surface area contributed by atoms with Crippen molar-refractivity contribution in [3.8, 4) is 11.1 Å². The monoisotopic (exact) mass is 367 g/mol. The summed E-state index contributed by atoms with van der Waals surface area (Å²) in [6, 6.07) is 16.6. The van der Waals surface area contributed by atoms with Gasteiger partial charge >= 0.3 is 6.09 Å². The minimum absolute atomic E-state index is 0.0629. The van der Waals surface area contributed by atoms with Crippen molar-refractivity contribution >= 4 is 6.09 Å².